The molecule has 7 heteroatoms. The number of aryl methyl sites for hydroxylation is 2. The van der Waals surface area contributed by atoms with Crippen molar-refractivity contribution in [2.24, 2.45) is 0 Å². The first-order chi connectivity index (χ1) is 12.3. The first-order valence-corrected chi connectivity index (χ1v) is 9.74. The van der Waals surface area contributed by atoms with Gasteiger partial charge in [-0.1, -0.05) is 18.2 Å². The zero-order valence-corrected chi connectivity index (χ0v) is 16.1. The van der Waals surface area contributed by atoms with Crippen molar-refractivity contribution in [2.75, 3.05) is 25.3 Å². The highest BCUT2D eigenvalue weighted by atomic mass is 32.2. The number of para-hydroxylation sites is 1. The van der Waals surface area contributed by atoms with E-state index < -0.39 is 9.84 Å². The lowest BCUT2D eigenvalue weighted by atomic mass is 10.1. The van der Waals surface area contributed by atoms with Crippen LogP contribution in [0.2, 0.25) is 0 Å². The molecule has 0 aromatic heterocycles. The lowest BCUT2D eigenvalue weighted by Crippen LogP contribution is -2.18. The van der Waals surface area contributed by atoms with Crippen LogP contribution >= 0.6 is 0 Å². The summed E-state index contributed by atoms with van der Waals surface area (Å²) in [7, 11) is -0.709. The van der Waals surface area contributed by atoms with E-state index in [-0.39, 0.29) is 23.0 Å². The minimum absolute atomic E-state index is 0.0926. The highest BCUT2D eigenvalue weighted by Crippen LogP contribution is 2.30. The first kappa shape index (κ1) is 19.8. The number of hydrogen-bond donors (Lipinski definition) is 1. The van der Waals surface area contributed by atoms with E-state index >= 15 is 0 Å². The molecule has 0 atom stereocenters. The summed E-state index contributed by atoms with van der Waals surface area (Å²) in [6.45, 7) is 3.78. The molecule has 0 radical (unpaired) electrons. The van der Waals surface area contributed by atoms with Crippen LogP contribution in [0.15, 0.2) is 41.3 Å². The van der Waals surface area contributed by atoms with Gasteiger partial charge in [-0.3, -0.25) is 4.79 Å². The minimum atomic E-state index is -3.62. The summed E-state index contributed by atoms with van der Waals surface area (Å²) < 4.78 is 35.3. The van der Waals surface area contributed by atoms with Crippen molar-refractivity contribution in [3.8, 4) is 11.5 Å². The molecule has 0 fully saturated rings. The number of carbonyl (C=O) groups is 1. The molecule has 2 aromatic carbocycles. The van der Waals surface area contributed by atoms with Gasteiger partial charge in [0.2, 0.25) is 5.91 Å². The Labute approximate surface area is 154 Å². The van der Waals surface area contributed by atoms with Gasteiger partial charge in [0.05, 0.1) is 24.9 Å². The largest absolute Gasteiger partial charge is 0.493 e. The lowest BCUT2D eigenvalue weighted by Gasteiger charge is -2.12. The Balaban J connectivity index is 2.09. The molecule has 2 rings (SSSR count). The fraction of sp³-hybridized carbons (Fsp3) is 0.316. The second-order valence-corrected chi connectivity index (χ2v) is 8.01. The van der Waals surface area contributed by atoms with Crippen molar-refractivity contribution in [3.63, 3.8) is 0 Å². The summed E-state index contributed by atoms with van der Waals surface area (Å²) in [5.74, 6) is 0.137. The van der Waals surface area contributed by atoms with E-state index in [1.165, 1.54) is 32.4 Å². The normalized spacial score (nSPS) is 11.1. The maximum atomic E-state index is 12.5. The van der Waals surface area contributed by atoms with Crippen LogP contribution < -0.4 is 14.8 Å². The number of carbonyl (C=O) groups excluding carboxylic acids is 1. The number of hydrogen-bond acceptors (Lipinski definition) is 5. The minimum Gasteiger partial charge on any atom is -0.493 e. The molecule has 0 saturated carbocycles. The molecule has 140 valence electrons. The second kappa shape index (κ2) is 8.23. The van der Waals surface area contributed by atoms with Crippen molar-refractivity contribution >= 4 is 21.4 Å². The lowest BCUT2D eigenvalue weighted by molar-refractivity contribution is -0.115. The Hall–Kier alpha value is -2.54. The Morgan fingerprint density at radius 2 is 1.62 bits per heavy atom. The highest BCUT2D eigenvalue weighted by molar-refractivity contribution is 7.91. The third-order valence-electron chi connectivity index (χ3n) is 4.06. The topological polar surface area (TPSA) is 81.7 Å². The van der Waals surface area contributed by atoms with Crippen LogP contribution in [-0.2, 0) is 14.6 Å². The molecule has 1 N–H and O–H groups in total. The molecule has 0 unspecified atom stereocenters. The number of ether oxygens (including phenoxy) is 2. The van der Waals surface area contributed by atoms with Gasteiger partial charge in [-0.25, -0.2) is 8.42 Å². The van der Waals surface area contributed by atoms with Crippen LogP contribution in [0.3, 0.4) is 0 Å². The fourth-order valence-electron chi connectivity index (χ4n) is 2.57. The van der Waals surface area contributed by atoms with Gasteiger partial charge < -0.3 is 14.8 Å². The van der Waals surface area contributed by atoms with Gasteiger partial charge >= 0.3 is 0 Å². The standard InChI is InChI=1S/C19H23NO5S/c1-13-6-5-7-14(2)19(13)20-18(21)10-11-26(22,23)15-8-9-16(24-3)17(12-15)25-4/h5-9,12H,10-11H2,1-4H3,(H,20,21). The van der Waals surface area contributed by atoms with Crippen molar-refractivity contribution in [3.05, 3.63) is 47.5 Å². The second-order valence-electron chi connectivity index (χ2n) is 5.90. The molecule has 2 aromatic rings. The molecule has 0 saturated heterocycles. The molecule has 0 aliphatic rings. The molecule has 26 heavy (non-hydrogen) atoms. The third kappa shape index (κ3) is 4.54. The predicted molar refractivity (Wildman–Crippen MR) is 101 cm³/mol. The summed E-state index contributed by atoms with van der Waals surface area (Å²) in [5, 5.41) is 2.80. The number of methoxy groups -OCH3 is 2. The highest BCUT2D eigenvalue weighted by Gasteiger charge is 2.19. The summed E-state index contributed by atoms with van der Waals surface area (Å²) in [4.78, 5) is 12.3. The average molecular weight is 377 g/mol. The monoisotopic (exact) mass is 377 g/mol. The predicted octanol–water partition coefficient (Wildman–Crippen LogP) is 3.12. The van der Waals surface area contributed by atoms with E-state index in [0.29, 0.717) is 11.5 Å². The zero-order chi connectivity index (χ0) is 19.3. The average Bonchev–Trinajstić information content (AvgIpc) is 2.62. The van der Waals surface area contributed by atoms with Crippen molar-refractivity contribution in [1.82, 2.24) is 0 Å². The van der Waals surface area contributed by atoms with Gasteiger partial charge in [-0.15, -0.1) is 0 Å². The van der Waals surface area contributed by atoms with Gasteiger partial charge in [-0.2, -0.15) is 0 Å². The van der Waals surface area contributed by atoms with Crippen molar-refractivity contribution in [2.45, 2.75) is 25.2 Å². The van der Waals surface area contributed by atoms with Gasteiger partial charge in [0.25, 0.3) is 0 Å². The summed E-state index contributed by atoms with van der Waals surface area (Å²) >= 11 is 0. The van der Waals surface area contributed by atoms with Crippen molar-refractivity contribution in [1.29, 1.82) is 0 Å². The Morgan fingerprint density at radius 1 is 1.00 bits per heavy atom. The van der Waals surface area contributed by atoms with Crippen molar-refractivity contribution < 1.29 is 22.7 Å². The molecular formula is C19H23NO5S. The van der Waals surface area contributed by atoms with Crippen LogP contribution in [0.25, 0.3) is 0 Å². The molecule has 0 spiro atoms. The Bertz CT molecular complexity index is 886. The zero-order valence-electron chi connectivity index (χ0n) is 15.3. The quantitative estimate of drug-likeness (QED) is 0.802. The van der Waals surface area contributed by atoms with Gasteiger partial charge in [0.1, 0.15) is 0 Å². The Kier molecular flexibility index (Phi) is 6.26. The molecule has 0 aliphatic heterocycles. The van der Waals surface area contributed by atoms with E-state index in [1.807, 2.05) is 32.0 Å². The van der Waals surface area contributed by atoms with Crippen LogP contribution in [0.5, 0.6) is 11.5 Å². The fourth-order valence-corrected chi connectivity index (χ4v) is 3.82. The third-order valence-corrected chi connectivity index (χ3v) is 5.77. The smallest absolute Gasteiger partial charge is 0.225 e. The first-order valence-electron chi connectivity index (χ1n) is 8.09. The SMILES string of the molecule is COc1ccc(S(=O)(=O)CCC(=O)Nc2c(C)cccc2C)cc1OC. The molecule has 0 bridgehead atoms. The van der Waals surface area contributed by atoms with E-state index in [0.717, 1.165) is 16.8 Å². The van der Waals surface area contributed by atoms with Crippen LogP contribution in [0, 0.1) is 13.8 Å². The molecule has 1 amide bonds. The van der Waals surface area contributed by atoms with Gasteiger partial charge in [-0.05, 0) is 37.1 Å². The number of sulfone groups is 1. The van der Waals surface area contributed by atoms with E-state index in [2.05, 4.69) is 5.32 Å². The summed E-state index contributed by atoms with van der Waals surface area (Å²) in [5.41, 5.74) is 2.59. The Morgan fingerprint density at radius 3 is 2.19 bits per heavy atom. The maximum absolute atomic E-state index is 12.5. The van der Waals surface area contributed by atoms with E-state index in [1.54, 1.807) is 0 Å². The number of anilines is 1. The molecule has 0 heterocycles. The summed E-state index contributed by atoms with van der Waals surface area (Å²) in [6, 6.07) is 10.1. The number of amides is 1. The molecule has 6 nitrogen and oxygen atoms in total. The van der Waals surface area contributed by atoms with Gasteiger partial charge in [0, 0.05) is 18.2 Å². The number of benzene rings is 2. The number of nitrogens with one attached hydrogen (secondary N) is 1. The van der Waals surface area contributed by atoms with Crippen LogP contribution in [-0.4, -0.2) is 34.3 Å². The summed E-state index contributed by atoms with van der Waals surface area (Å²) in [6.07, 6.45) is -0.134. The van der Waals surface area contributed by atoms with Gasteiger partial charge in [0.15, 0.2) is 21.3 Å². The van der Waals surface area contributed by atoms with Crippen LogP contribution in [0.4, 0.5) is 5.69 Å². The van der Waals surface area contributed by atoms with Crippen LogP contribution in [0.1, 0.15) is 17.5 Å². The maximum Gasteiger partial charge on any atom is 0.225 e. The number of rotatable bonds is 7. The van der Waals surface area contributed by atoms with E-state index in [9.17, 15) is 13.2 Å². The molecule has 0 aliphatic carbocycles. The van der Waals surface area contributed by atoms with E-state index in [4.69, 9.17) is 9.47 Å². The molecular weight excluding hydrogens is 354 g/mol.